The lowest BCUT2D eigenvalue weighted by atomic mass is 10.0. The summed E-state index contributed by atoms with van der Waals surface area (Å²) in [4.78, 5) is 0. The van der Waals surface area contributed by atoms with Gasteiger partial charge in [0.15, 0.2) is 0 Å². The third kappa shape index (κ3) is 3.64. The molecule has 2 rings (SSSR count). The summed E-state index contributed by atoms with van der Waals surface area (Å²) in [5, 5.41) is 9.95. The molecule has 0 radical (unpaired) electrons. The van der Waals surface area contributed by atoms with Gasteiger partial charge in [-0.15, -0.1) is 0 Å². The monoisotopic (exact) mass is 291 g/mol. The largest absolute Gasteiger partial charge is 0.457 e. The molecule has 2 aromatic carbocycles. The van der Waals surface area contributed by atoms with Crippen LogP contribution in [0.3, 0.4) is 0 Å². The van der Waals surface area contributed by atoms with Crippen molar-refractivity contribution in [3.8, 4) is 17.6 Å². The lowest BCUT2D eigenvalue weighted by Crippen LogP contribution is -1.91. The van der Waals surface area contributed by atoms with Crippen molar-refractivity contribution in [3.63, 3.8) is 0 Å². The first kappa shape index (κ1) is 13.7. The van der Waals surface area contributed by atoms with Crippen molar-refractivity contribution in [2.75, 3.05) is 0 Å². The van der Waals surface area contributed by atoms with Gasteiger partial charge in [0.2, 0.25) is 0 Å². The number of nitrogens with zero attached hydrogens (tertiary/aromatic N) is 1. The van der Waals surface area contributed by atoms with Crippen molar-refractivity contribution in [2.45, 2.75) is 12.8 Å². The van der Waals surface area contributed by atoms with Crippen LogP contribution in [-0.2, 0) is 0 Å². The summed E-state index contributed by atoms with van der Waals surface area (Å²) < 4.78 is 5.70. The van der Waals surface area contributed by atoms with Gasteiger partial charge in [0.1, 0.15) is 11.5 Å². The van der Waals surface area contributed by atoms with E-state index in [4.69, 9.17) is 33.2 Å². The molecule has 0 aromatic heterocycles. The van der Waals surface area contributed by atoms with E-state index in [1.54, 1.807) is 18.2 Å². The molecule has 4 heteroatoms. The third-order valence-electron chi connectivity index (χ3n) is 2.62. The Balaban J connectivity index is 2.26. The van der Waals surface area contributed by atoms with E-state index in [1.807, 2.05) is 31.2 Å². The number of benzene rings is 2. The SMILES string of the molecule is CC(C#N)c1cccc(Oc2cc(Cl)cc(Cl)c2)c1. The van der Waals surface area contributed by atoms with Crippen LogP contribution >= 0.6 is 23.2 Å². The molecule has 1 atom stereocenters. The van der Waals surface area contributed by atoms with Gasteiger partial charge in [0, 0.05) is 10.0 Å². The fourth-order valence-corrected chi connectivity index (χ4v) is 2.15. The Hall–Kier alpha value is -1.69. The van der Waals surface area contributed by atoms with Crippen molar-refractivity contribution < 1.29 is 4.74 Å². The predicted molar refractivity (Wildman–Crippen MR) is 77.0 cm³/mol. The van der Waals surface area contributed by atoms with E-state index < -0.39 is 0 Å². The highest BCUT2D eigenvalue weighted by Crippen LogP contribution is 2.29. The zero-order valence-corrected chi connectivity index (χ0v) is 11.7. The Morgan fingerprint density at radius 2 is 1.74 bits per heavy atom. The predicted octanol–water partition coefficient (Wildman–Crippen LogP) is 5.41. The minimum absolute atomic E-state index is 0.175. The topological polar surface area (TPSA) is 33.0 Å². The highest BCUT2D eigenvalue weighted by atomic mass is 35.5. The van der Waals surface area contributed by atoms with Crippen LogP contribution in [0.4, 0.5) is 0 Å². The van der Waals surface area contributed by atoms with Crippen LogP contribution in [0.25, 0.3) is 0 Å². The average Bonchev–Trinajstić information content (AvgIpc) is 2.37. The van der Waals surface area contributed by atoms with Gasteiger partial charge in [-0.3, -0.25) is 0 Å². The molecule has 0 aliphatic rings. The van der Waals surface area contributed by atoms with E-state index >= 15 is 0 Å². The number of ether oxygens (including phenoxy) is 1. The van der Waals surface area contributed by atoms with Gasteiger partial charge in [-0.2, -0.15) is 5.26 Å². The normalized spacial score (nSPS) is 11.7. The summed E-state index contributed by atoms with van der Waals surface area (Å²) in [5.41, 5.74) is 0.910. The van der Waals surface area contributed by atoms with E-state index in [2.05, 4.69) is 6.07 Å². The molecule has 0 N–H and O–H groups in total. The standard InChI is InChI=1S/C15H11Cl2NO/c1-10(9-18)11-3-2-4-14(5-11)19-15-7-12(16)6-13(17)8-15/h2-8,10H,1H3. The van der Waals surface area contributed by atoms with E-state index in [1.165, 1.54) is 0 Å². The molecule has 1 unspecified atom stereocenters. The quantitative estimate of drug-likeness (QED) is 0.757. The summed E-state index contributed by atoms with van der Waals surface area (Å²) in [6.45, 7) is 1.84. The van der Waals surface area contributed by atoms with Gasteiger partial charge in [-0.25, -0.2) is 0 Å². The first-order chi connectivity index (χ1) is 9.08. The molecule has 0 aliphatic heterocycles. The smallest absolute Gasteiger partial charge is 0.130 e. The van der Waals surface area contributed by atoms with Crippen LogP contribution in [0.5, 0.6) is 11.5 Å². The molecular weight excluding hydrogens is 281 g/mol. The average molecular weight is 292 g/mol. The number of nitriles is 1. The molecule has 2 aromatic rings. The van der Waals surface area contributed by atoms with Crippen LogP contribution in [0.2, 0.25) is 10.0 Å². The minimum atomic E-state index is -0.175. The van der Waals surface area contributed by atoms with Crippen LogP contribution in [-0.4, -0.2) is 0 Å². The summed E-state index contributed by atoms with van der Waals surface area (Å²) in [6, 6.07) is 14.6. The highest BCUT2D eigenvalue weighted by molar-refractivity contribution is 6.34. The first-order valence-corrected chi connectivity index (χ1v) is 6.47. The Labute approximate surface area is 122 Å². The molecule has 0 aliphatic carbocycles. The van der Waals surface area contributed by atoms with E-state index in [0.717, 1.165) is 5.56 Å². The van der Waals surface area contributed by atoms with E-state index in [0.29, 0.717) is 21.5 Å². The lowest BCUT2D eigenvalue weighted by Gasteiger charge is -2.09. The molecule has 0 saturated carbocycles. The molecule has 2 nitrogen and oxygen atoms in total. The van der Waals surface area contributed by atoms with Gasteiger partial charge in [0.25, 0.3) is 0 Å². The number of hydrogen-bond donors (Lipinski definition) is 0. The summed E-state index contributed by atoms with van der Waals surface area (Å²) in [6.07, 6.45) is 0. The minimum Gasteiger partial charge on any atom is -0.457 e. The Bertz CT molecular complexity index is 614. The second kappa shape index (κ2) is 5.97. The fourth-order valence-electron chi connectivity index (χ4n) is 1.65. The molecule has 0 saturated heterocycles. The lowest BCUT2D eigenvalue weighted by molar-refractivity contribution is 0.482. The molecule has 96 valence electrons. The van der Waals surface area contributed by atoms with Gasteiger partial charge in [0.05, 0.1) is 12.0 Å². The molecule has 0 bridgehead atoms. The molecule has 0 fully saturated rings. The van der Waals surface area contributed by atoms with Gasteiger partial charge >= 0.3 is 0 Å². The Kier molecular flexibility index (Phi) is 4.31. The number of halogens is 2. The first-order valence-electron chi connectivity index (χ1n) is 5.72. The second-order valence-corrected chi connectivity index (χ2v) is 5.00. The zero-order valence-electron chi connectivity index (χ0n) is 10.2. The van der Waals surface area contributed by atoms with Crippen LogP contribution < -0.4 is 4.74 Å². The fraction of sp³-hybridized carbons (Fsp3) is 0.133. The number of hydrogen-bond acceptors (Lipinski definition) is 2. The van der Waals surface area contributed by atoms with E-state index in [-0.39, 0.29) is 5.92 Å². The number of rotatable bonds is 3. The summed E-state index contributed by atoms with van der Waals surface area (Å²) >= 11 is 11.8. The molecule has 0 heterocycles. The van der Waals surface area contributed by atoms with Gasteiger partial charge in [-0.05, 0) is 42.8 Å². The molecule has 19 heavy (non-hydrogen) atoms. The Morgan fingerprint density at radius 1 is 1.05 bits per heavy atom. The van der Waals surface area contributed by atoms with Crippen molar-refractivity contribution in [1.82, 2.24) is 0 Å². The molecular formula is C15H11Cl2NO. The van der Waals surface area contributed by atoms with Crippen LogP contribution in [0, 0.1) is 11.3 Å². The van der Waals surface area contributed by atoms with Crippen molar-refractivity contribution in [2.24, 2.45) is 0 Å². The van der Waals surface area contributed by atoms with E-state index in [9.17, 15) is 0 Å². The molecule has 0 amide bonds. The van der Waals surface area contributed by atoms with Gasteiger partial charge < -0.3 is 4.74 Å². The van der Waals surface area contributed by atoms with Crippen LogP contribution in [0.1, 0.15) is 18.4 Å². The maximum atomic E-state index is 8.92. The van der Waals surface area contributed by atoms with Crippen molar-refractivity contribution in [1.29, 1.82) is 5.26 Å². The van der Waals surface area contributed by atoms with Gasteiger partial charge in [-0.1, -0.05) is 35.3 Å². The second-order valence-electron chi connectivity index (χ2n) is 4.13. The summed E-state index contributed by atoms with van der Waals surface area (Å²) in [5.74, 6) is 1.05. The third-order valence-corrected chi connectivity index (χ3v) is 3.06. The van der Waals surface area contributed by atoms with Crippen LogP contribution in [0.15, 0.2) is 42.5 Å². The van der Waals surface area contributed by atoms with Crippen molar-refractivity contribution in [3.05, 3.63) is 58.1 Å². The maximum Gasteiger partial charge on any atom is 0.130 e. The highest BCUT2D eigenvalue weighted by Gasteiger charge is 2.06. The van der Waals surface area contributed by atoms with Crippen molar-refractivity contribution >= 4 is 23.2 Å². The summed E-state index contributed by atoms with van der Waals surface area (Å²) in [7, 11) is 0. The maximum absolute atomic E-state index is 8.92. The zero-order chi connectivity index (χ0) is 13.8. The molecule has 0 spiro atoms. The Morgan fingerprint density at radius 3 is 2.37 bits per heavy atom.